The standard InChI is InChI=1S/C18H29N3O4S/c1-3-25-17(22)15-13-26-16(20-15)12-21(10-7-11-24-2)18(23)19-14-8-5-4-6-9-14/h13-14H,3-12H2,1-2H3,(H,19,23). The number of carbonyl (C=O) groups excluding carboxylic acids is 2. The molecule has 0 unspecified atom stereocenters. The molecule has 0 radical (unpaired) electrons. The summed E-state index contributed by atoms with van der Waals surface area (Å²) in [6, 6.07) is 0.188. The number of ether oxygens (including phenoxy) is 2. The summed E-state index contributed by atoms with van der Waals surface area (Å²) in [5.74, 6) is -0.424. The molecule has 7 nitrogen and oxygen atoms in total. The van der Waals surface area contributed by atoms with E-state index in [1.165, 1.54) is 30.6 Å². The third kappa shape index (κ3) is 6.57. The molecule has 0 saturated heterocycles. The summed E-state index contributed by atoms with van der Waals surface area (Å²) < 4.78 is 10.1. The van der Waals surface area contributed by atoms with Gasteiger partial charge in [-0.05, 0) is 26.2 Å². The molecule has 0 bridgehead atoms. The largest absolute Gasteiger partial charge is 0.461 e. The average molecular weight is 384 g/mol. The van der Waals surface area contributed by atoms with Gasteiger partial charge in [-0.2, -0.15) is 0 Å². The molecule has 1 aromatic rings. The van der Waals surface area contributed by atoms with Crippen molar-refractivity contribution in [1.82, 2.24) is 15.2 Å². The molecule has 0 aliphatic heterocycles. The molecular weight excluding hydrogens is 354 g/mol. The highest BCUT2D eigenvalue weighted by Crippen LogP contribution is 2.18. The van der Waals surface area contributed by atoms with Gasteiger partial charge in [0.25, 0.3) is 0 Å². The number of carbonyl (C=O) groups is 2. The molecule has 2 amide bonds. The van der Waals surface area contributed by atoms with Crippen LogP contribution in [0.1, 0.15) is 60.9 Å². The molecule has 0 spiro atoms. The van der Waals surface area contributed by atoms with Crippen LogP contribution in [0, 0.1) is 0 Å². The van der Waals surface area contributed by atoms with Crippen LogP contribution >= 0.6 is 11.3 Å². The Morgan fingerprint density at radius 1 is 1.35 bits per heavy atom. The van der Waals surface area contributed by atoms with Gasteiger partial charge in [0.05, 0.1) is 13.2 Å². The van der Waals surface area contributed by atoms with Gasteiger partial charge in [-0.3, -0.25) is 0 Å². The van der Waals surface area contributed by atoms with Crippen molar-refractivity contribution >= 4 is 23.3 Å². The van der Waals surface area contributed by atoms with Crippen LogP contribution in [0.3, 0.4) is 0 Å². The van der Waals surface area contributed by atoms with Gasteiger partial charge in [0.1, 0.15) is 5.01 Å². The van der Waals surface area contributed by atoms with Crippen molar-refractivity contribution in [2.75, 3.05) is 26.9 Å². The van der Waals surface area contributed by atoms with Gasteiger partial charge in [-0.25, -0.2) is 14.6 Å². The predicted molar refractivity (Wildman–Crippen MR) is 100 cm³/mol. The van der Waals surface area contributed by atoms with E-state index in [1.54, 1.807) is 24.3 Å². The highest BCUT2D eigenvalue weighted by molar-refractivity contribution is 7.09. The van der Waals surface area contributed by atoms with Crippen LogP contribution in [-0.2, 0) is 16.0 Å². The maximum atomic E-state index is 12.7. The maximum Gasteiger partial charge on any atom is 0.357 e. The molecular formula is C18H29N3O4S. The summed E-state index contributed by atoms with van der Waals surface area (Å²) in [4.78, 5) is 30.5. The van der Waals surface area contributed by atoms with E-state index in [0.717, 1.165) is 24.3 Å². The Morgan fingerprint density at radius 3 is 2.81 bits per heavy atom. The van der Waals surface area contributed by atoms with Gasteiger partial charge in [0.15, 0.2) is 5.69 Å². The minimum Gasteiger partial charge on any atom is -0.461 e. The second-order valence-corrected chi connectivity index (χ2v) is 7.34. The van der Waals surface area contributed by atoms with Gasteiger partial charge in [0.2, 0.25) is 0 Å². The lowest BCUT2D eigenvalue weighted by Crippen LogP contribution is -2.45. The smallest absolute Gasteiger partial charge is 0.357 e. The Balaban J connectivity index is 1.96. The number of thiazole rings is 1. The van der Waals surface area contributed by atoms with Gasteiger partial charge in [-0.1, -0.05) is 19.3 Å². The summed E-state index contributed by atoms with van der Waals surface area (Å²) in [5, 5.41) is 5.55. The quantitative estimate of drug-likeness (QED) is 0.523. The number of methoxy groups -OCH3 is 1. The summed E-state index contributed by atoms with van der Waals surface area (Å²) in [6.07, 6.45) is 6.43. The van der Waals surface area contributed by atoms with Crippen LogP contribution in [0.2, 0.25) is 0 Å². The number of amides is 2. The van der Waals surface area contributed by atoms with Crippen molar-refractivity contribution in [3.8, 4) is 0 Å². The van der Waals surface area contributed by atoms with Crippen LogP contribution in [-0.4, -0.2) is 54.8 Å². The summed E-state index contributed by atoms with van der Waals surface area (Å²) in [5.41, 5.74) is 0.302. The molecule has 26 heavy (non-hydrogen) atoms. The maximum absolute atomic E-state index is 12.7. The number of nitrogens with one attached hydrogen (secondary N) is 1. The van der Waals surface area contributed by atoms with Crippen molar-refractivity contribution < 1.29 is 19.1 Å². The first-order chi connectivity index (χ1) is 12.6. The number of rotatable bonds is 9. The zero-order valence-corrected chi connectivity index (χ0v) is 16.5. The lowest BCUT2D eigenvalue weighted by atomic mass is 9.96. The van der Waals surface area contributed by atoms with E-state index in [4.69, 9.17) is 9.47 Å². The molecule has 1 N–H and O–H groups in total. The minimum absolute atomic E-state index is 0.0686. The summed E-state index contributed by atoms with van der Waals surface area (Å²) in [7, 11) is 1.65. The lowest BCUT2D eigenvalue weighted by Gasteiger charge is -2.28. The monoisotopic (exact) mass is 383 g/mol. The molecule has 1 fully saturated rings. The van der Waals surface area contributed by atoms with E-state index in [1.807, 2.05) is 0 Å². The van der Waals surface area contributed by atoms with E-state index in [0.29, 0.717) is 32.0 Å². The first-order valence-corrected chi connectivity index (χ1v) is 10.2. The van der Waals surface area contributed by atoms with Gasteiger partial charge in [0, 0.05) is 31.7 Å². The Morgan fingerprint density at radius 2 is 2.12 bits per heavy atom. The molecule has 1 aromatic heterocycles. The molecule has 8 heteroatoms. The number of hydrogen-bond acceptors (Lipinski definition) is 6. The fraction of sp³-hybridized carbons (Fsp3) is 0.722. The molecule has 146 valence electrons. The topological polar surface area (TPSA) is 80.8 Å². The molecule has 1 aliphatic carbocycles. The van der Waals surface area contributed by atoms with Crippen molar-refractivity contribution in [2.24, 2.45) is 0 Å². The Bertz CT molecular complexity index is 573. The zero-order valence-electron chi connectivity index (χ0n) is 15.7. The molecule has 0 aromatic carbocycles. The third-order valence-electron chi connectivity index (χ3n) is 4.36. The molecule has 1 aliphatic rings. The number of hydrogen-bond donors (Lipinski definition) is 1. The lowest BCUT2D eigenvalue weighted by molar-refractivity contribution is 0.0520. The predicted octanol–water partition coefficient (Wildman–Crippen LogP) is 3.20. The first-order valence-electron chi connectivity index (χ1n) is 9.30. The van der Waals surface area contributed by atoms with Crippen LogP contribution in [0.15, 0.2) is 5.38 Å². The number of urea groups is 1. The molecule has 1 heterocycles. The van der Waals surface area contributed by atoms with Crippen LogP contribution in [0.25, 0.3) is 0 Å². The molecule has 2 rings (SSSR count). The Labute approximate surface area is 159 Å². The fourth-order valence-corrected chi connectivity index (χ4v) is 3.79. The van der Waals surface area contributed by atoms with Gasteiger partial charge < -0.3 is 19.7 Å². The second kappa shape index (κ2) is 11.1. The van der Waals surface area contributed by atoms with Gasteiger partial charge >= 0.3 is 12.0 Å². The SMILES string of the molecule is CCOC(=O)c1csc(CN(CCCOC)C(=O)NC2CCCCC2)n1. The van der Waals surface area contributed by atoms with Crippen LogP contribution in [0.4, 0.5) is 4.79 Å². The highest BCUT2D eigenvalue weighted by atomic mass is 32.1. The zero-order chi connectivity index (χ0) is 18.8. The average Bonchev–Trinajstić information content (AvgIpc) is 3.11. The highest BCUT2D eigenvalue weighted by Gasteiger charge is 2.21. The Hall–Kier alpha value is -1.67. The fourth-order valence-electron chi connectivity index (χ4n) is 3.01. The number of nitrogens with zero attached hydrogens (tertiary/aromatic N) is 2. The van der Waals surface area contributed by atoms with E-state index in [-0.39, 0.29) is 12.1 Å². The van der Waals surface area contributed by atoms with E-state index < -0.39 is 5.97 Å². The van der Waals surface area contributed by atoms with Crippen molar-refractivity contribution in [3.05, 3.63) is 16.1 Å². The molecule has 0 atom stereocenters. The normalized spacial score (nSPS) is 14.8. The van der Waals surface area contributed by atoms with Crippen LogP contribution in [0.5, 0.6) is 0 Å². The summed E-state index contributed by atoms with van der Waals surface area (Å²) in [6.45, 7) is 3.64. The van der Waals surface area contributed by atoms with E-state index in [9.17, 15) is 9.59 Å². The molecule has 1 saturated carbocycles. The van der Waals surface area contributed by atoms with E-state index in [2.05, 4.69) is 10.3 Å². The van der Waals surface area contributed by atoms with Gasteiger partial charge in [-0.15, -0.1) is 11.3 Å². The van der Waals surface area contributed by atoms with Crippen molar-refractivity contribution in [1.29, 1.82) is 0 Å². The Kier molecular flexibility index (Phi) is 8.84. The van der Waals surface area contributed by atoms with Crippen molar-refractivity contribution in [2.45, 2.75) is 58.0 Å². The number of aromatic nitrogens is 1. The third-order valence-corrected chi connectivity index (χ3v) is 5.19. The van der Waals surface area contributed by atoms with Crippen molar-refractivity contribution in [3.63, 3.8) is 0 Å². The summed E-state index contributed by atoms with van der Waals surface area (Å²) >= 11 is 1.37. The first kappa shape index (κ1) is 20.6. The second-order valence-electron chi connectivity index (χ2n) is 6.40. The minimum atomic E-state index is -0.424. The van der Waals surface area contributed by atoms with E-state index >= 15 is 0 Å². The van der Waals surface area contributed by atoms with Crippen LogP contribution < -0.4 is 5.32 Å². The number of esters is 1.